The highest BCUT2D eigenvalue weighted by Crippen LogP contribution is 2.15. The minimum absolute atomic E-state index is 0.186. The molecular formula is C10H9BrN4O2. The summed E-state index contributed by atoms with van der Waals surface area (Å²) in [5.41, 5.74) is 6.57. The van der Waals surface area contributed by atoms with Gasteiger partial charge in [-0.05, 0) is 22.0 Å². The van der Waals surface area contributed by atoms with Gasteiger partial charge in [-0.3, -0.25) is 4.79 Å². The normalized spacial score (nSPS) is 10.2. The second-order valence-corrected chi connectivity index (χ2v) is 4.18. The molecule has 0 spiro atoms. The lowest BCUT2D eigenvalue weighted by atomic mass is 10.2. The summed E-state index contributed by atoms with van der Waals surface area (Å²) >= 11 is 3.23. The molecule has 6 nitrogen and oxygen atoms in total. The molecule has 0 atom stereocenters. The molecule has 0 aliphatic rings. The molecule has 0 fully saturated rings. The summed E-state index contributed by atoms with van der Waals surface area (Å²) < 4.78 is 5.34. The maximum Gasteiger partial charge on any atom is 0.255 e. The molecule has 88 valence electrons. The molecule has 0 bridgehead atoms. The van der Waals surface area contributed by atoms with Crippen molar-refractivity contribution in [1.29, 1.82) is 0 Å². The van der Waals surface area contributed by atoms with Crippen LogP contribution in [0.2, 0.25) is 0 Å². The Balaban J connectivity index is 2.07. The predicted molar refractivity (Wildman–Crippen MR) is 64.0 cm³/mol. The third-order valence-electron chi connectivity index (χ3n) is 2.05. The SMILES string of the molecule is Nc1ncc(Br)cc1C(=O)NCc1ccon1. The lowest BCUT2D eigenvalue weighted by Gasteiger charge is -2.05. The molecule has 1 amide bonds. The first kappa shape index (κ1) is 11.6. The van der Waals surface area contributed by atoms with Gasteiger partial charge in [-0.25, -0.2) is 4.98 Å². The van der Waals surface area contributed by atoms with Crippen molar-refractivity contribution in [3.05, 3.63) is 40.3 Å². The Bertz CT molecular complexity index is 527. The average Bonchev–Trinajstić information content (AvgIpc) is 2.82. The van der Waals surface area contributed by atoms with E-state index in [2.05, 4.69) is 35.9 Å². The van der Waals surface area contributed by atoms with Crippen molar-refractivity contribution in [2.75, 3.05) is 5.73 Å². The second-order valence-electron chi connectivity index (χ2n) is 3.26. The molecule has 0 aromatic carbocycles. The molecule has 17 heavy (non-hydrogen) atoms. The predicted octanol–water partition coefficient (Wildman–Crippen LogP) is 1.34. The highest BCUT2D eigenvalue weighted by molar-refractivity contribution is 9.10. The third-order valence-corrected chi connectivity index (χ3v) is 2.48. The Morgan fingerprint density at radius 1 is 1.59 bits per heavy atom. The number of carbonyl (C=O) groups excluding carboxylic acids is 1. The molecule has 0 radical (unpaired) electrons. The number of nitrogens with one attached hydrogen (secondary N) is 1. The van der Waals surface area contributed by atoms with Crippen molar-refractivity contribution in [3.63, 3.8) is 0 Å². The monoisotopic (exact) mass is 296 g/mol. The number of nitrogen functional groups attached to an aromatic ring is 1. The first-order chi connectivity index (χ1) is 8.16. The highest BCUT2D eigenvalue weighted by Gasteiger charge is 2.11. The quantitative estimate of drug-likeness (QED) is 0.891. The van der Waals surface area contributed by atoms with Gasteiger partial charge < -0.3 is 15.6 Å². The van der Waals surface area contributed by atoms with Gasteiger partial charge in [-0.1, -0.05) is 5.16 Å². The fraction of sp³-hybridized carbons (Fsp3) is 0.100. The van der Waals surface area contributed by atoms with Gasteiger partial charge >= 0.3 is 0 Å². The molecule has 0 unspecified atom stereocenters. The molecule has 0 saturated carbocycles. The van der Waals surface area contributed by atoms with Gasteiger partial charge in [0.15, 0.2) is 0 Å². The lowest BCUT2D eigenvalue weighted by molar-refractivity contribution is 0.0950. The topological polar surface area (TPSA) is 94.0 Å². The van der Waals surface area contributed by atoms with Gasteiger partial charge in [-0.2, -0.15) is 0 Å². The van der Waals surface area contributed by atoms with E-state index in [1.807, 2.05) is 0 Å². The number of carbonyl (C=O) groups is 1. The minimum Gasteiger partial charge on any atom is -0.383 e. The standard InChI is InChI=1S/C10H9BrN4O2/c11-6-3-8(9(12)13-4-6)10(16)14-5-7-1-2-17-15-7/h1-4H,5H2,(H2,12,13)(H,14,16). The Morgan fingerprint density at radius 2 is 2.41 bits per heavy atom. The van der Waals surface area contributed by atoms with Crippen LogP contribution >= 0.6 is 15.9 Å². The van der Waals surface area contributed by atoms with E-state index in [-0.39, 0.29) is 18.3 Å². The number of hydrogen-bond donors (Lipinski definition) is 2. The van der Waals surface area contributed by atoms with Crippen LogP contribution in [0, 0.1) is 0 Å². The number of nitrogens with two attached hydrogens (primary N) is 1. The number of anilines is 1. The van der Waals surface area contributed by atoms with E-state index < -0.39 is 0 Å². The van der Waals surface area contributed by atoms with E-state index in [9.17, 15) is 4.79 Å². The molecule has 7 heteroatoms. The summed E-state index contributed by atoms with van der Waals surface area (Å²) in [6.45, 7) is 0.279. The molecule has 0 aliphatic heterocycles. The lowest BCUT2D eigenvalue weighted by Crippen LogP contribution is -2.24. The van der Waals surface area contributed by atoms with Gasteiger partial charge in [0.1, 0.15) is 17.8 Å². The van der Waals surface area contributed by atoms with Gasteiger partial charge in [-0.15, -0.1) is 0 Å². The van der Waals surface area contributed by atoms with E-state index in [4.69, 9.17) is 5.73 Å². The van der Waals surface area contributed by atoms with Crippen LogP contribution in [0.25, 0.3) is 0 Å². The van der Waals surface area contributed by atoms with Crippen molar-refractivity contribution in [2.24, 2.45) is 0 Å². The van der Waals surface area contributed by atoms with Crippen LogP contribution in [0.4, 0.5) is 5.82 Å². The van der Waals surface area contributed by atoms with E-state index in [0.29, 0.717) is 15.7 Å². The molecular weight excluding hydrogens is 288 g/mol. The Labute approximate surface area is 105 Å². The zero-order valence-electron chi connectivity index (χ0n) is 8.68. The van der Waals surface area contributed by atoms with E-state index in [1.54, 1.807) is 12.1 Å². The first-order valence-electron chi connectivity index (χ1n) is 4.75. The van der Waals surface area contributed by atoms with Gasteiger partial charge in [0.25, 0.3) is 5.91 Å². The average molecular weight is 297 g/mol. The third kappa shape index (κ3) is 2.82. The zero-order valence-corrected chi connectivity index (χ0v) is 10.3. The number of halogens is 1. The second kappa shape index (κ2) is 4.96. The van der Waals surface area contributed by atoms with E-state index in [0.717, 1.165) is 0 Å². The van der Waals surface area contributed by atoms with Crippen LogP contribution in [0.15, 0.2) is 33.6 Å². The van der Waals surface area contributed by atoms with Crippen LogP contribution in [-0.4, -0.2) is 16.0 Å². The fourth-order valence-corrected chi connectivity index (χ4v) is 1.56. The maximum atomic E-state index is 11.8. The summed E-state index contributed by atoms with van der Waals surface area (Å²) in [6.07, 6.45) is 2.97. The zero-order chi connectivity index (χ0) is 12.3. The summed E-state index contributed by atoms with van der Waals surface area (Å²) in [7, 11) is 0. The van der Waals surface area contributed by atoms with E-state index >= 15 is 0 Å². The Kier molecular flexibility index (Phi) is 3.38. The number of nitrogens with zero attached hydrogens (tertiary/aromatic N) is 2. The first-order valence-corrected chi connectivity index (χ1v) is 5.54. The van der Waals surface area contributed by atoms with Gasteiger partial charge in [0, 0.05) is 16.7 Å². The van der Waals surface area contributed by atoms with Crippen molar-refractivity contribution >= 4 is 27.7 Å². The van der Waals surface area contributed by atoms with E-state index in [1.165, 1.54) is 12.5 Å². The maximum absolute atomic E-state index is 11.8. The summed E-state index contributed by atoms with van der Waals surface area (Å²) in [5, 5.41) is 6.34. The van der Waals surface area contributed by atoms with Crippen molar-refractivity contribution in [2.45, 2.75) is 6.54 Å². The highest BCUT2D eigenvalue weighted by atomic mass is 79.9. The minimum atomic E-state index is -0.306. The van der Waals surface area contributed by atoms with Crippen molar-refractivity contribution < 1.29 is 9.32 Å². The number of hydrogen-bond acceptors (Lipinski definition) is 5. The molecule has 3 N–H and O–H groups in total. The largest absolute Gasteiger partial charge is 0.383 e. The molecule has 2 aromatic rings. The summed E-state index contributed by atoms with van der Waals surface area (Å²) in [4.78, 5) is 15.7. The Hall–Kier alpha value is -1.89. The van der Waals surface area contributed by atoms with Crippen molar-refractivity contribution in [3.8, 4) is 0 Å². The Morgan fingerprint density at radius 3 is 3.12 bits per heavy atom. The van der Waals surface area contributed by atoms with Gasteiger partial charge in [0.05, 0.1) is 12.1 Å². The van der Waals surface area contributed by atoms with Crippen LogP contribution < -0.4 is 11.1 Å². The van der Waals surface area contributed by atoms with Crippen LogP contribution in [0.1, 0.15) is 16.1 Å². The molecule has 2 rings (SSSR count). The molecule has 0 aliphatic carbocycles. The molecule has 0 saturated heterocycles. The smallest absolute Gasteiger partial charge is 0.255 e. The number of amides is 1. The van der Waals surface area contributed by atoms with Crippen LogP contribution in [0.3, 0.4) is 0 Å². The number of rotatable bonds is 3. The van der Waals surface area contributed by atoms with Gasteiger partial charge in [0.2, 0.25) is 0 Å². The number of aromatic nitrogens is 2. The summed E-state index contributed by atoms with van der Waals surface area (Å²) in [6, 6.07) is 3.28. The summed E-state index contributed by atoms with van der Waals surface area (Å²) in [5.74, 6) is -0.120. The van der Waals surface area contributed by atoms with Crippen molar-refractivity contribution in [1.82, 2.24) is 15.5 Å². The molecule has 2 aromatic heterocycles. The van der Waals surface area contributed by atoms with Crippen LogP contribution in [-0.2, 0) is 6.54 Å². The van der Waals surface area contributed by atoms with Crippen LogP contribution in [0.5, 0.6) is 0 Å². The molecule has 2 heterocycles. The number of pyridine rings is 1. The fourth-order valence-electron chi connectivity index (χ4n) is 1.23.